The Morgan fingerprint density at radius 1 is 1.31 bits per heavy atom. The predicted octanol–water partition coefficient (Wildman–Crippen LogP) is -1.11. The molecule has 1 aromatic rings. The quantitative estimate of drug-likeness (QED) is 0.407. The van der Waals surface area contributed by atoms with Crippen LogP contribution >= 0.6 is 0 Å². The number of aliphatic hydroxyl groups is 3. The van der Waals surface area contributed by atoms with Crippen molar-refractivity contribution in [3.8, 4) is 0 Å². The average molecular weight is 371 g/mol. The van der Waals surface area contributed by atoms with Gasteiger partial charge in [0.05, 0.1) is 6.61 Å². The number of hydrogen-bond donors (Lipinski definition) is 3. The number of nitrogens with zero attached hydrogens (tertiary/aromatic N) is 5. The summed E-state index contributed by atoms with van der Waals surface area (Å²) in [6.07, 6.45) is -2.08. The standard InChI is InChI=1S/C15H25N5O6/c1-4-5-6-18(2)17-16-9-7-20(15(25)19(3)13(9)24)14-12(23)11(22)10(8-21)26-14/h7,10-12,14,21-23H,4-6,8H2,1-3H3. The fourth-order valence-electron chi connectivity index (χ4n) is 2.59. The van der Waals surface area contributed by atoms with Gasteiger partial charge in [0.1, 0.15) is 18.3 Å². The van der Waals surface area contributed by atoms with Gasteiger partial charge in [0.25, 0.3) is 5.56 Å². The summed E-state index contributed by atoms with van der Waals surface area (Å²) < 4.78 is 7.12. The van der Waals surface area contributed by atoms with Gasteiger partial charge in [-0.3, -0.25) is 18.9 Å². The molecule has 11 heteroatoms. The lowest BCUT2D eigenvalue weighted by atomic mass is 10.1. The van der Waals surface area contributed by atoms with Crippen molar-refractivity contribution in [2.24, 2.45) is 17.4 Å². The van der Waals surface area contributed by atoms with E-state index < -0.39 is 42.4 Å². The van der Waals surface area contributed by atoms with E-state index >= 15 is 0 Å². The van der Waals surface area contributed by atoms with E-state index in [-0.39, 0.29) is 5.69 Å². The Morgan fingerprint density at radius 3 is 2.58 bits per heavy atom. The van der Waals surface area contributed by atoms with Gasteiger partial charge in [0.15, 0.2) is 11.9 Å². The topological polar surface area (TPSA) is 142 Å². The van der Waals surface area contributed by atoms with Crippen LogP contribution in [-0.2, 0) is 11.8 Å². The third-order valence-electron chi connectivity index (χ3n) is 4.22. The van der Waals surface area contributed by atoms with Crippen LogP contribution in [0, 0.1) is 0 Å². The van der Waals surface area contributed by atoms with Crippen LogP contribution < -0.4 is 11.2 Å². The molecule has 11 nitrogen and oxygen atoms in total. The second-order valence-corrected chi connectivity index (χ2v) is 6.22. The summed E-state index contributed by atoms with van der Waals surface area (Å²) in [5.41, 5.74) is -1.51. The van der Waals surface area contributed by atoms with Gasteiger partial charge in [0.2, 0.25) is 0 Å². The molecule has 2 rings (SSSR count). The Morgan fingerprint density at radius 2 is 2.00 bits per heavy atom. The minimum Gasteiger partial charge on any atom is -0.394 e. The highest BCUT2D eigenvalue weighted by atomic mass is 16.6. The Kier molecular flexibility index (Phi) is 6.64. The molecule has 146 valence electrons. The number of rotatable bonds is 7. The van der Waals surface area contributed by atoms with E-state index in [1.807, 2.05) is 6.92 Å². The zero-order valence-corrected chi connectivity index (χ0v) is 15.0. The normalized spacial score (nSPS) is 25.9. The number of aromatic nitrogens is 2. The summed E-state index contributed by atoms with van der Waals surface area (Å²) >= 11 is 0. The van der Waals surface area contributed by atoms with Crippen molar-refractivity contribution in [3.63, 3.8) is 0 Å². The largest absolute Gasteiger partial charge is 0.394 e. The van der Waals surface area contributed by atoms with Gasteiger partial charge in [-0.15, -0.1) is 5.11 Å². The third kappa shape index (κ3) is 4.01. The molecule has 3 N–H and O–H groups in total. The Hall–Kier alpha value is -2.08. The molecule has 0 bridgehead atoms. The van der Waals surface area contributed by atoms with Crippen LogP contribution in [0.25, 0.3) is 0 Å². The fraction of sp³-hybridized carbons (Fsp3) is 0.733. The minimum absolute atomic E-state index is 0.117. The first-order valence-corrected chi connectivity index (χ1v) is 8.39. The monoisotopic (exact) mass is 371 g/mol. The SMILES string of the molecule is CCCCN(C)N=Nc1cn(C2OC(CO)C(O)C2O)c(=O)n(C)c1=O. The summed E-state index contributed by atoms with van der Waals surface area (Å²) in [5.74, 6) is 0. The first kappa shape index (κ1) is 20.2. The van der Waals surface area contributed by atoms with Crippen LogP contribution in [-0.4, -0.2) is 68.0 Å². The molecule has 1 aliphatic rings. The zero-order chi connectivity index (χ0) is 19.4. The maximum atomic E-state index is 12.4. The highest BCUT2D eigenvalue weighted by Gasteiger charge is 2.44. The first-order chi connectivity index (χ1) is 12.3. The van der Waals surface area contributed by atoms with Gasteiger partial charge < -0.3 is 20.1 Å². The smallest absolute Gasteiger partial charge is 0.333 e. The molecule has 26 heavy (non-hydrogen) atoms. The predicted molar refractivity (Wildman–Crippen MR) is 91.0 cm³/mol. The van der Waals surface area contributed by atoms with Gasteiger partial charge in [-0.1, -0.05) is 18.6 Å². The molecule has 1 aromatic heterocycles. The van der Waals surface area contributed by atoms with Crippen LogP contribution in [0.15, 0.2) is 26.1 Å². The number of aliphatic hydroxyl groups excluding tert-OH is 3. The molecule has 0 aromatic carbocycles. The molecule has 1 saturated heterocycles. The Balaban J connectivity index is 2.37. The van der Waals surface area contributed by atoms with E-state index in [0.717, 1.165) is 28.2 Å². The lowest BCUT2D eigenvalue weighted by Crippen LogP contribution is -2.42. The van der Waals surface area contributed by atoms with E-state index in [9.17, 15) is 24.9 Å². The Bertz CT molecular complexity index is 760. The number of unbranched alkanes of at least 4 members (excludes halogenated alkanes) is 1. The minimum atomic E-state index is -1.45. The second kappa shape index (κ2) is 8.54. The van der Waals surface area contributed by atoms with Gasteiger partial charge in [0, 0.05) is 26.8 Å². The fourth-order valence-corrected chi connectivity index (χ4v) is 2.59. The lowest BCUT2D eigenvalue weighted by molar-refractivity contribution is -0.0554. The molecule has 0 aliphatic carbocycles. The third-order valence-corrected chi connectivity index (χ3v) is 4.22. The number of ether oxygens (including phenoxy) is 1. The van der Waals surface area contributed by atoms with Crippen molar-refractivity contribution in [1.29, 1.82) is 0 Å². The summed E-state index contributed by atoms with van der Waals surface area (Å²) in [6.45, 7) is 2.18. The molecule has 1 aliphatic heterocycles. The van der Waals surface area contributed by atoms with Crippen LogP contribution in [0.3, 0.4) is 0 Å². The van der Waals surface area contributed by atoms with E-state index in [2.05, 4.69) is 10.3 Å². The molecule has 0 amide bonds. The maximum Gasteiger partial charge on any atom is 0.333 e. The molecule has 0 spiro atoms. The van der Waals surface area contributed by atoms with Crippen LogP contribution in [0.5, 0.6) is 0 Å². The molecular weight excluding hydrogens is 346 g/mol. The second-order valence-electron chi connectivity index (χ2n) is 6.22. The molecule has 0 radical (unpaired) electrons. The molecule has 2 heterocycles. The molecule has 1 fully saturated rings. The van der Waals surface area contributed by atoms with Crippen LogP contribution in [0.1, 0.15) is 26.0 Å². The highest BCUT2D eigenvalue weighted by molar-refractivity contribution is 5.29. The van der Waals surface area contributed by atoms with Crippen LogP contribution in [0.4, 0.5) is 5.69 Å². The van der Waals surface area contributed by atoms with E-state index in [4.69, 9.17) is 4.74 Å². The van der Waals surface area contributed by atoms with Crippen molar-refractivity contribution < 1.29 is 20.1 Å². The van der Waals surface area contributed by atoms with Crippen LogP contribution in [0.2, 0.25) is 0 Å². The van der Waals surface area contributed by atoms with Crippen molar-refractivity contribution in [1.82, 2.24) is 14.1 Å². The molecule has 4 unspecified atom stereocenters. The average Bonchev–Trinajstić information content (AvgIpc) is 2.92. The van der Waals surface area contributed by atoms with Crippen molar-refractivity contribution in [2.45, 2.75) is 44.3 Å². The molecular formula is C15H25N5O6. The Labute approximate surface area is 149 Å². The summed E-state index contributed by atoms with van der Waals surface area (Å²) in [4.78, 5) is 24.6. The van der Waals surface area contributed by atoms with E-state index in [0.29, 0.717) is 6.54 Å². The summed E-state index contributed by atoms with van der Waals surface area (Å²) in [5, 5.41) is 38.5. The number of hydrogen-bond acceptors (Lipinski definition) is 8. The molecule has 4 atom stereocenters. The lowest BCUT2D eigenvalue weighted by Gasteiger charge is -2.18. The van der Waals surface area contributed by atoms with Gasteiger partial charge in [-0.05, 0) is 6.42 Å². The summed E-state index contributed by atoms with van der Waals surface area (Å²) in [6, 6.07) is 0. The molecule has 0 saturated carbocycles. The van der Waals surface area contributed by atoms with Gasteiger partial charge >= 0.3 is 5.69 Å². The maximum absolute atomic E-state index is 12.4. The van der Waals surface area contributed by atoms with Crippen molar-refractivity contribution in [3.05, 3.63) is 27.0 Å². The van der Waals surface area contributed by atoms with Gasteiger partial charge in [-0.2, -0.15) is 0 Å². The van der Waals surface area contributed by atoms with Gasteiger partial charge in [-0.25, -0.2) is 4.79 Å². The first-order valence-electron chi connectivity index (χ1n) is 8.39. The summed E-state index contributed by atoms with van der Waals surface area (Å²) in [7, 11) is 2.98. The zero-order valence-electron chi connectivity index (χ0n) is 15.0. The van der Waals surface area contributed by atoms with Crippen molar-refractivity contribution >= 4 is 5.69 Å². The van der Waals surface area contributed by atoms with E-state index in [1.165, 1.54) is 7.05 Å². The van der Waals surface area contributed by atoms with Crippen molar-refractivity contribution in [2.75, 3.05) is 20.2 Å². The highest BCUT2D eigenvalue weighted by Crippen LogP contribution is 2.28. The van der Waals surface area contributed by atoms with E-state index in [1.54, 1.807) is 12.1 Å².